The van der Waals surface area contributed by atoms with E-state index in [0.29, 0.717) is 0 Å². The highest BCUT2D eigenvalue weighted by Gasteiger charge is 2.30. The fourth-order valence-corrected chi connectivity index (χ4v) is 3.07. The molecule has 2 aromatic rings. The van der Waals surface area contributed by atoms with Crippen molar-refractivity contribution in [2.45, 2.75) is 18.0 Å². The Morgan fingerprint density at radius 3 is 2.45 bits per heavy atom. The van der Waals surface area contributed by atoms with Crippen molar-refractivity contribution in [1.29, 1.82) is 0 Å². The summed E-state index contributed by atoms with van der Waals surface area (Å²) in [7, 11) is -3.65. The number of hydrogen-bond acceptors (Lipinski definition) is 4. The number of rotatable bonds is 3. The highest BCUT2D eigenvalue weighted by atomic mass is 35.5. The van der Waals surface area contributed by atoms with Crippen molar-refractivity contribution in [1.82, 2.24) is 10.2 Å². The van der Waals surface area contributed by atoms with E-state index in [1.54, 1.807) is 0 Å². The van der Waals surface area contributed by atoms with Crippen LogP contribution in [-0.2, 0) is 16.0 Å². The first-order chi connectivity index (χ1) is 10.1. The molecule has 9 heteroatoms. The molecule has 0 saturated carbocycles. The van der Waals surface area contributed by atoms with Gasteiger partial charge in [0.1, 0.15) is 4.90 Å². The summed E-state index contributed by atoms with van der Waals surface area (Å²) in [6.07, 6.45) is -4.51. The molecule has 0 aliphatic carbocycles. The molecule has 0 aliphatic rings. The van der Waals surface area contributed by atoms with Crippen molar-refractivity contribution < 1.29 is 21.6 Å². The van der Waals surface area contributed by atoms with E-state index in [1.807, 2.05) is 0 Å². The van der Waals surface area contributed by atoms with Crippen LogP contribution in [0, 0.1) is 0 Å². The lowest BCUT2D eigenvalue weighted by atomic mass is 10.1. The normalized spacial score (nSPS) is 12.4. The topological polar surface area (TPSA) is 59.9 Å². The smallest absolute Gasteiger partial charge is 0.224 e. The third-order valence-corrected chi connectivity index (χ3v) is 5.05. The summed E-state index contributed by atoms with van der Waals surface area (Å²) in [4.78, 5) is -0.251. The number of benzene rings is 1. The standard InChI is InChI=1S/C13H10ClF3N2O2S/c1-2-22(20,21)11-7-10(18-19-12(11)14)8-4-3-5-9(6-8)13(15,16)17/h3-7H,2H2,1H3. The Hall–Kier alpha value is -1.67. The van der Waals surface area contributed by atoms with Gasteiger partial charge in [0, 0.05) is 5.56 Å². The van der Waals surface area contributed by atoms with Crippen molar-refractivity contribution in [3.05, 3.63) is 41.0 Å². The molecule has 0 amide bonds. The van der Waals surface area contributed by atoms with Crippen molar-refractivity contribution in [3.63, 3.8) is 0 Å². The zero-order valence-electron chi connectivity index (χ0n) is 11.2. The molecule has 0 aliphatic heterocycles. The van der Waals surface area contributed by atoms with Crippen LogP contribution in [0.15, 0.2) is 35.2 Å². The maximum absolute atomic E-state index is 12.7. The van der Waals surface area contributed by atoms with Gasteiger partial charge in [0.25, 0.3) is 0 Å². The lowest BCUT2D eigenvalue weighted by Gasteiger charge is -2.09. The van der Waals surface area contributed by atoms with Gasteiger partial charge in [-0.15, -0.1) is 10.2 Å². The third kappa shape index (κ3) is 3.38. The Morgan fingerprint density at radius 1 is 1.18 bits per heavy atom. The second kappa shape index (κ2) is 5.85. The molecule has 118 valence electrons. The average Bonchev–Trinajstić information content (AvgIpc) is 2.47. The van der Waals surface area contributed by atoms with Crippen LogP contribution in [0.5, 0.6) is 0 Å². The van der Waals surface area contributed by atoms with E-state index >= 15 is 0 Å². The van der Waals surface area contributed by atoms with Gasteiger partial charge in [0.2, 0.25) is 0 Å². The molecule has 4 nitrogen and oxygen atoms in total. The summed E-state index contributed by atoms with van der Waals surface area (Å²) in [5.41, 5.74) is -0.754. The van der Waals surface area contributed by atoms with Gasteiger partial charge in [-0.25, -0.2) is 8.42 Å². The van der Waals surface area contributed by atoms with Crippen molar-refractivity contribution in [3.8, 4) is 11.3 Å². The minimum absolute atomic E-state index is 0.00234. The molecule has 0 spiro atoms. The third-order valence-electron chi connectivity index (χ3n) is 2.92. The van der Waals surface area contributed by atoms with E-state index in [-0.39, 0.29) is 27.1 Å². The lowest BCUT2D eigenvalue weighted by molar-refractivity contribution is -0.137. The molecule has 0 unspecified atom stereocenters. The van der Waals surface area contributed by atoms with E-state index in [4.69, 9.17) is 11.6 Å². The van der Waals surface area contributed by atoms with Crippen molar-refractivity contribution in [2.75, 3.05) is 5.75 Å². The monoisotopic (exact) mass is 350 g/mol. The van der Waals surface area contributed by atoms with Gasteiger partial charge in [-0.1, -0.05) is 30.7 Å². The molecular formula is C13H10ClF3N2O2S. The van der Waals surface area contributed by atoms with E-state index in [2.05, 4.69) is 10.2 Å². The van der Waals surface area contributed by atoms with Crippen molar-refractivity contribution in [2.24, 2.45) is 0 Å². The predicted octanol–water partition coefficient (Wildman–Crippen LogP) is 3.61. The van der Waals surface area contributed by atoms with Crippen molar-refractivity contribution >= 4 is 21.4 Å². The second-order valence-electron chi connectivity index (χ2n) is 4.37. The van der Waals surface area contributed by atoms with Gasteiger partial charge >= 0.3 is 6.18 Å². The van der Waals surface area contributed by atoms with Crippen LogP contribution in [0.2, 0.25) is 5.15 Å². The Kier molecular flexibility index (Phi) is 4.44. The second-order valence-corrected chi connectivity index (χ2v) is 6.97. The van der Waals surface area contributed by atoms with E-state index in [0.717, 1.165) is 18.2 Å². The zero-order valence-corrected chi connectivity index (χ0v) is 12.8. The van der Waals surface area contributed by atoms with Crippen LogP contribution in [0.1, 0.15) is 12.5 Å². The zero-order chi connectivity index (χ0) is 16.5. The Labute approximate surface area is 129 Å². The van der Waals surface area contributed by atoms with Gasteiger partial charge in [-0.05, 0) is 18.2 Å². The quantitative estimate of drug-likeness (QED) is 0.848. The molecule has 0 bridgehead atoms. The van der Waals surface area contributed by atoms with Crippen LogP contribution in [0.3, 0.4) is 0 Å². The minimum Gasteiger partial charge on any atom is -0.224 e. The Bertz CT molecular complexity index is 807. The minimum atomic E-state index is -4.51. The number of nitrogens with zero attached hydrogens (tertiary/aromatic N) is 2. The fraction of sp³-hybridized carbons (Fsp3) is 0.231. The molecule has 1 aromatic heterocycles. The lowest BCUT2D eigenvalue weighted by Crippen LogP contribution is -2.07. The predicted molar refractivity (Wildman–Crippen MR) is 75.2 cm³/mol. The number of aromatic nitrogens is 2. The number of alkyl halides is 3. The molecule has 22 heavy (non-hydrogen) atoms. The summed E-state index contributed by atoms with van der Waals surface area (Å²) in [5.74, 6) is -0.208. The van der Waals surface area contributed by atoms with Crippen LogP contribution in [0.25, 0.3) is 11.3 Å². The molecule has 1 aromatic carbocycles. The number of halogens is 4. The summed E-state index contributed by atoms with van der Waals surface area (Å²) >= 11 is 5.72. The van der Waals surface area contributed by atoms with Gasteiger partial charge < -0.3 is 0 Å². The summed E-state index contributed by atoms with van der Waals surface area (Å²) in [5, 5.41) is 6.88. The maximum Gasteiger partial charge on any atom is 0.416 e. The molecule has 0 fully saturated rings. The molecule has 0 atom stereocenters. The molecule has 1 heterocycles. The van der Waals surface area contributed by atoms with E-state index in [9.17, 15) is 21.6 Å². The SMILES string of the molecule is CCS(=O)(=O)c1cc(-c2cccc(C(F)(F)F)c2)nnc1Cl. The largest absolute Gasteiger partial charge is 0.416 e. The fourth-order valence-electron chi connectivity index (χ4n) is 1.73. The van der Waals surface area contributed by atoms with E-state index < -0.39 is 21.6 Å². The summed E-state index contributed by atoms with van der Waals surface area (Å²) in [6, 6.07) is 5.51. The van der Waals surface area contributed by atoms with Gasteiger partial charge in [0.05, 0.1) is 17.0 Å². The highest BCUT2D eigenvalue weighted by Crippen LogP contribution is 2.32. The molecule has 0 saturated heterocycles. The Morgan fingerprint density at radius 2 is 1.86 bits per heavy atom. The number of sulfone groups is 1. The first-order valence-electron chi connectivity index (χ1n) is 6.09. The molecule has 0 N–H and O–H groups in total. The first-order valence-corrected chi connectivity index (χ1v) is 8.12. The Balaban J connectivity index is 2.58. The highest BCUT2D eigenvalue weighted by molar-refractivity contribution is 7.91. The molecular weight excluding hydrogens is 341 g/mol. The summed E-state index contributed by atoms with van der Waals surface area (Å²) in [6.45, 7) is 1.43. The van der Waals surface area contributed by atoms with E-state index in [1.165, 1.54) is 19.1 Å². The maximum atomic E-state index is 12.7. The van der Waals surface area contributed by atoms with Gasteiger partial charge in [0.15, 0.2) is 15.0 Å². The average molecular weight is 351 g/mol. The molecule has 0 radical (unpaired) electrons. The van der Waals surface area contributed by atoms with Gasteiger partial charge in [-0.2, -0.15) is 13.2 Å². The number of hydrogen-bond donors (Lipinski definition) is 0. The first kappa shape index (κ1) is 16.7. The van der Waals surface area contributed by atoms with Crippen LogP contribution >= 0.6 is 11.6 Å². The molecule has 2 rings (SSSR count). The van der Waals surface area contributed by atoms with Crippen LogP contribution in [0.4, 0.5) is 13.2 Å². The van der Waals surface area contributed by atoms with Crippen LogP contribution in [-0.4, -0.2) is 24.4 Å². The summed E-state index contributed by atoms with van der Waals surface area (Å²) < 4.78 is 62.0. The van der Waals surface area contributed by atoms with Crippen LogP contribution < -0.4 is 0 Å². The van der Waals surface area contributed by atoms with Gasteiger partial charge in [-0.3, -0.25) is 0 Å².